The molecule has 0 aromatic carbocycles. The Bertz CT molecular complexity index is 978. The minimum atomic E-state index is -0.270. The average molecular weight is 449 g/mol. The third-order valence-corrected chi connectivity index (χ3v) is 6.02. The van der Waals surface area contributed by atoms with Crippen molar-refractivity contribution in [3.05, 3.63) is 52.9 Å². The fraction of sp³-hybridized carbons (Fsp3) is 0.278. The summed E-state index contributed by atoms with van der Waals surface area (Å²) in [5.41, 5.74) is 1.23. The highest BCUT2D eigenvalue weighted by molar-refractivity contribution is 7.99. The molecule has 1 saturated heterocycles. The third kappa shape index (κ3) is 5.14. The highest BCUT2D eigenvalue weighted by atomic mass is 35.5. The zero-order valence-corrected chi connectivity index (χ0v) is 17.6. The Morgan fingerprint density at radius 2 is 2.07 bits per heavy atom. The Kier molecular flexibility index (Phi) is 6.43. The Morgan fingerprint density at radius 1 is 1.21 bits per heavy atom. The Labute approximate surface area is 180 Å². The van der Waals surface area contributed by atoms with Gasteiger partial charge in [-0.1, -0.05) is 16.7 Å². The molecule has 1 fully saturated rings. The number of amides is 1. The van der Waals surface area contributed by atoms with Crippen LogP contribution in [0.1, 0.15) is 16.1 Å². The molecule has 1 amide bonds. The van der Waals surface area contributed by atoms with Crippen LogP contribution in [0.15, 0.2) is 36.7 Å². The lowest BCUT2D eigenvalue weighted by molar-refractivity contribution is 0.102. The number of nitrogens with one attached hydrogen (secondary N) is 1. The predicted octanol–water partition coefficient (Wildman–Crippen LogP) is 3.37. The Hall–Kier alpha value is -2.43. The topological polar surface area (TPSA) is 93.1 Å². The quantitative estimate of drug-likeness (QED) is 0.613. The highest BCUT2D eigenvalue weighted by Gasteiger charge is 2.21. The lowest BCUT2D eigenvalue weighted by Gasteiger charge is -2.28. The van der Waals surface area contributed by atoms with Crippen LogP contribution < -0.4 is 15.0 Å². The molecule has 0 bridgehead atoms. The molecule has 150 valence electrons. The molecule has 0 radical (unpaired) electrons. The second-order valence-corrected chi connectivity index (χ2v) is 8.66. The van der Waals surface area contributed by atoms with Gasteiger partial charge in [0.25, 0.3) is 11.1 Å². The number of ether oxygens (including phenoxy) is 1. The van der Waals surface area contributed by atoms with Crippen LogP contribution in [0.5, 0.6) is 5.19 Å². The first-order chi connectivity index (χ1) is 14.2. The van der Waals surface area contributed by atoms with E-state index in [-0.39, 0.29) is 12.5 Å². The van der Waals surface area contributed by atoms with E-state index in [4.69, 9.17) is 16.3 Å². The molecule has 0 atom stereocenters. The van der Waals surface area contributed by atoms with Crippen LogP contribution in [0.3, 0.4) is 0 Å². The number of halogens is 1. The van der Waals surface area contributed by atoms with Gasteiger partial charge in [-0.05, 0) is 35.6 Å². The molecule has 0 aliphatic carbocycles. The number of carbonyl (C=O) groups is 1. The van der Waals surface area contributed by atoms with Crippen molar-refractivity contribution in [2.75, 3.05) is 34.8 Å². The lowest BCUT2D eigenvalue weighted by Crippen LogP contribution is -2.34. The molecule has 1 aliphatic rings. The first-order valence-corrected chi connectivity index (χ1v) is 11.2. The van der Waals surface area contributed by atoms with Crippen molar-refractivity contribution in [1.82, 2.24) is 20.2 Å². The molecular weight excluding hydrogens is 432 g/mol. The molecule has 4 heterocycles. The summed E-state index contributed by atoms with van der Waals surface area (Å²) in [5.74, 6) is 2.47. The molecule has 1 N–H and O–H groups in total. The van der Waals surface area contributed by atoms with Crippen LogP contribution in [0.25, 0.3) is 0 Å². The number of hydrogen-bond donors (Lipinski definition) is 1. The van der Waals surface area contributed by atoms with Gasteiger partial charge in [-0.25, -0.2) is 4.98 Å². The van der Waals surface area contributed by atoms with E-state index >= 15 is 0 Å². The van der Waals surface area contributed by atoms with Gasteiger partial charge in [0.05, 0.1) is 16.3 Å². The van der Waals surface area contributed by atoms with Crippen molar-refractivity contribution in [1.29, 1.82) is 0 Å². The fourth-order valence-corrected chi connectivity index (χ4v) is 4.32. The van der Waals surface area contributed by atoms with Gasteiger partial charge < -0.3 is 9.64 Å². The van der Waals surface area contributed by atoms with E-state index in [1.54, 1.807) is 36.7 Å². The Morgan fingerprint density at radius 3 is 2.86 bits per heavy atom. The number of rotatable bonds is 6. The van der Waals surface area contributed by atoms with Crippen LogP contribution in [0.4, 0.5) is 10.9 Å². The first kappa shape index (κ1) is 19.9. The minimum Gasteiger partial charge on any atom is -0.462 e. The third-order valence-electron chi connectivity index (χ3n) is 4.10. The molecule has 11 heteroatoms. The van der Waals surface area contributed by atoms with E-state index in [9.17, 15) is 4.79 Å². The van der Waals surface area contributed by atoms with Crippen molar-refractivity contribution in [3.8, 4) is 5.19 Å². The molecule has 3 aromatic heterocycles. The lowest BCUT2D eigenvalue weighted by atomic mass is 10.2. The van der Waals surface area contributed by atoms with Crippen LogP contribution in [0.2, 0.25) is 5.02 Å². The SMILES string of the molecule is O=C(Nc1nnc(OCc2ccc(Cl)cn2)s1)c1cccnc1N1CCSCC1. The van der Waals surface area contributed by atoms with Crippen LogP contribution in [-0.4, -0.2) is 50.7 Å². The van der Waals surface area contributed by atoms with Gasteiger partial charge in [0.2, 0.25) is 5.13 Å². The maximum atomic E-state index is 12.8. The number of anilines is 2. The summed E-state index contributed by atoms with van der Waals surface area (Å²) in [5, 5.41) is 12.0. The summed E-state index contributed by atoms with van der Waals surface area (Å²) < 4.78 is 5.58. The van der Waals surface area contributed by atoms with Crippen LogP contribution in [0, 0.1) is 0 Å². The summed E-state index contributed by atoms with van der Waals surface area (Å²) in [6.07, 6.45) is 3.26. The fourth-order valence-electron chi connectivity index (χ4n) is 2.71. The van der Waals surface area contributed by atoms with Crippen LogP contribution >= 0.6 is 34.7 Å². The van der Waals surface area contributed by atoms with Gasteiger partial charge in [-0.15, -0.1) is 5.10 Å². The smallest absolute Gasteiger partial charge is 0.296 e. The molecular formula is C18H17ClN6O2S2. The van der Waals surface area contributed by atoms with Crippen molar-refractivity contribution in [2.24, 2.45) is 0 Å². The standard InChI is InChI=1S/C18H17ClN6O2S2/c19-12-3-4-13(21-10-12)11-27-18-24-23-17(29-18)22-16(26)14-2-1-5-20-15(14)25-6-8-28-9-7-25/h1-5,10H,6-9,11H2,(H,22,23,26). The number of hydrogen-bond acceptors (Lipinski definition) is 9. The summed E-state index contributed by atoms with van der Waals surface area (Å²) in [7, 11) is 0. The molecule has 1 aliphatic heterocycles. The predicted molar refractivity (Wildman–Crippen MR) is 115 cm³/mol. The highest BCUT2D eigenvalue weighted by Crippen LogP contribution is 2.26. The molecule has 4 rings (SSSR count). The van der Waals surface area contributed by atoms with Gasteiger partial charge in [0.1, 0.15) is 12.4 Å². The van der Waals surface area contributed by atoms with Crippen molar-refractivity contribution >= 4 is 51.6 Å². The summed E-state index contributed by atoms with van der Waals surface area (Å²) in [6, 6.07) is 7.04. The van der Waals surface area contributed by atoms with E-state index in [0.717, 1.165) is 41.6 Å². The number of pyridine rings is 2. The number of nitrogens with zero attached hydrogens (tertiary/aromatic N) is 5. The van der Waals surface area contributed by atoms with Crippen molar-refractivity contribution < 1.29 is 9.53 Å². The monoisotopic (exact) mass is 448 g/mol. The minimum absolute atomic E-state index is 0.236. The number of thioether (sulfide) groups is 1. The second kappa shape index (κ2) is 9.38. The van der Waals surface area contributed by atoms with E-state index in [1.165, 1.54) is 0 Å². The molecule has 0 spiro atoms. The average Bonchev–Trinajstić information content (AvgIpc) is 3.21. The second-order valence-electron chi connectivity index (χ2n) is 6.06. The largest absolute Gasteiger partial charge is 0.462 e. The normalized spacial score (nSPS) is 13.9. The van der Waals surface area contributed by atoms with Gasteiger partial charge in [0.15, 0.2) is 0 Å². The van der Waals surface area contributed by atoms with Crippen molar-refractivity contribution in [2.45, 2.75) is 6.61 Å². The Balaban J connectivity index is 1.40. The molecule has 3 aromatic rings. The van der Waals surface area contributed by atoms with Gasteiger partial charge >= 0.3 is 0 Å². The number of carbonyl (C=O) groups excluding carboxylic acids is 1. The first-order valence-electron chi connectivity index (χ1n) is 8.85. The van der Waals surface area contributed by atoms with E-state index in [0.29, 0.717) is 26.7 Å². The summed E-state index contributed by atoms with van der Waals surface area (Å²) in [4.78, 5) is 23.5. The molecule has 29 heavy (non-hydrogen) atoms. The summed E-state index contributed by atoms with van der Waals surface area (Å²) >= 11 is 8.88. The number of aromatic nitrogens is 4. The van der Waals surface area contributed by atoms with Gasteiger partial charge in [-0.3, -0.25) is 15.1 Å². The van der Waals surface area contributed by atoms with Gasteiger partial charge in [0, 0.05) is 37.0 Å². The van der Waals surface area contributed by atoms with Gasteiger partial charge in [-0.2, -0.15) is 11.8 Å². The molecule has 8 nitrogen and oxygen atoms in total. The zero-order valence-electron chi connectivity index (χ0n) is 15.2. The van der Waals surface area contributed by atoms with E-state index < -0.39 is 0 Å². The maximum Gasteiger partial charge on any atom is 0.296 e. The summed E-state index contributed by atoms with van der Waals surface area (Å²) in [6.45, 7) is 1.98. The maximum absolute atomic E-state index is 12.8. The van der Waals surface area contributed by atoms with Crippen molar-refractivity contribution in [3.63, 3.8) is 0 Å². The zero-order chi connectivity index (χ0) is 20.1. The van der Waals surface area contributed by atoms with Crippen LogP contribution in [-0.2, 0) is 6.61 Å². The molecule has 0 unspecified atom stereocenters. The van der Waals surface area contributed by atoms with E-state index in [2.05, 4.69) is 30.4 Å². The molecule has 0 saturated carbocycles. The van der Waals surface area contributed by atoms with E-state index in [1.807, 2.05) is 11.8 Å².